The molecule has 5 rings (SSSR count). The molecule has 13 heteroatoms. The van der Waals surface area contributed by atoms with Gasteiger partial charge in [0.1, 0.15) is 24.7 Å². The van der Waals surface area contributed by atoms with Crippen molar-refractivity contribution in [2.75, 3.05) is 62.2 Å². The molecule has 2 amide bonds. The van der Waals surface area contributed by atoms with E-state index in [0.29, 0.717) is 63.1 Å². The number of benzene rings is 2. The van der Waals surface area contributed by atoms with E-state index in [1.165, 1.54) is 34.1 Å². The van der Waals surface area contributed by atoms with E-state index < -0.39 is 42.0 Å². The number of aromatic nitrogens is 2. The largest absolute Gasteiger partial charge is 0.368 e. The molecule has 1 aromatic heterocycles. The lowest BCUT2D eigenvalue weighted by Gasteiger charge is -2.36. The molecule has 2 aliphatic heterocycles. The van der Waals surface area contributed by atoms with Crippen LogP contribution in [0.3, 0.4) is 0 Å². The molecular formula is C28H29F3N6O4. The first-order chi connectivity index (χ1) is 19.7. The van der Waals surface area contributed by atoms with Gasteiger partial charge in [0.2, 0.25) is 17.6 Å². The van der Waals surface area contributed by atoms with Gasteiger partial charge >= 0.3 is 5.69 Å². The summed E-state index contributed by atoms with van der Waals surface area (Å²) in [5.74, 6) is -2.89. The van der Waals surface area contributed by atoms with E-state index in [0.717, 1.165) is 15.9 Å². The van der Waals surface area contributed by atoms with Crippen LogP contribution in [0.15, 0.2) is 64.3 Å². The second kappa shape index (κ2) is 11.9. The second-order valence-electron chi connectivity index (χ2n) is 9.97. The number of rotatable bonds is 6. The normalized spacial score (nSPS) is 15.8. The van der Waals surface area contributed by atoms with Crippen molar-refractivity contribution in [1.82, 2.24) is 18.9 Å². The Bertz CT molecular complexity index is 1520. The number of piperazine rings is 2. The highest BCUT2D eigenvalue weighted by molar-refractivity contribution is 5.77. The van der Waals surface area contributed by atoms with Gasteiger partial charge in [0.15, 0.2) is 0 Å². The highest BCUT2D eigenvalue weighted by Gasteiger charge is 2.25. The first-order valence-electron chi connectivity index (χ1n) is 13.3. The van der Waals surface area contributed by atoms with Crippen molar-refractivity contribution in [3.05, 3.63) is 93.0 Å². The van der Waals surface area contributed by atoms with Gasteiger partial charge in [-0.2, -0.15) is 4.39 Å². The monoisotopic (exact) mass is 570 g/mol. The second-order valence-corrected chi connectivity index (χ2v) is 9.97. The summed E-state index contributed by atoms with van der Waals surface area (Å²) in [5, 5.41) is 0. The number of halogens is 3. The summed E-state index contributed by atoms with van der Waals surface area (Å²) in [5.41, 5.74) is -0.549. The van der Waals surface area contributed by atoms with E-state index in [1.54, 1.807) is 24.3 Å². The Morgan fingerprint density at radius 3 is 1.46 bits per heavy atom. The predicted octanol–water partition coefficient (Wildman–Crippen LogP) is 1.12. The van der Waals surface area contributed by atoms with Gasteiger partial charge in [-0.15, -0.1) is 0 Å². The van der Waals surface area contributed by atoms with Crippen molar-refractivity contribution in [1.29, 1.82) is 0 Å². The van der Waals surface area contributed by atoms with Gasteiger partial charge in [-0.25, -0.2) is 18.1 Å². The fraction of sp³-hybridized carbons (Fsp3) is 0.357. The molecule has 41 heavy (non-hydrogen) atoms. The van der Waals surface area contributed by atoms with E-state index in [2.05, 4.69) is 0 Å². The van der Waals surface area contributed by atoms with Crippen molar-refractivity contribution >= 4 is 23.2 Å². The van der Waals surface area contributed by atoms with Gasteiger partial charge in [-0.3, -0.25) is 19.0 Å². The van der Waals surface area contributed by atoms with Gasteiger partial charge in [-0.05, 0) is 48.5 Å². The van der Waals surface area contributed by atoms with Gasteiger partial charge in [-0.1, -0.05) is 0 Å². The van der Waals surface area contributed by atoms with Crippen LogP contribution < -0.4 is 21.0 Å². The molecule has 2 fully saturated rings. The number of hydrogen-bond acceptors (Lipinski definition) is 6. The van der Waals surface area contributed by atoms with Crippen molar-refractivity contribution in [2.24, 2.45) is 0 Å². The Hall–Kier alpha value is -4.55. The zero-order chi connectivity index (χ0) is 29.1. The van der Waals surface area contributed by atoms with Gasteiger partial charge in [0.05, 0.1) is 6.20 Å². The number of nitrogens with zero attached hydrogens (tertiary/aromatic N) is 6. The molecule has 0 bridgehead atoms. The van der Waals surface area contributed by atoms with E-state index in [1.807, 2.05) is 9.80 Å². The van der Waals surface area contributed by atoms with Crippen LogP contribution in [0.1, 0.15) is 0 Å². The SMILES string of the molecule is O=C(Cn1cc(F)c(=O)n(CC(=O)N2CCN(c3ccc(F)cc3)CC2)c1=O)N1CCN(c2ccc(F)cc2)CC1. The Kier molecular flexibility index (Phi) is 8.13. The summed E-state index contributed by atoms with van der Waals surface area (Å²) >= 11 is 0. The number of hydrogen-bond donors (Lipinski definition) is 0. The molecular weight excluding hydrogens is 541 g/mol. The molecule has 2 aromatic carbocycles. The van der Waals surface area contributed by atoms with Crippen LogP contribution >= 0.6 is 0 Å². The first-order valence-corrected chi connectivity index (χ1v) is 13.3. The van der Waals surface area contributed by atoms with Crippen LogP contribution in [0.25, 0.3) is 0 Å². The number of carbonyl (C=O) groups excluding carboxylic acids is 2. The highest BCUT2D eigenvalue weighted by atomic mass is 19.1. The average Bonchev–Trinajstić information content (AvgIpc) is 2.99. The number of anilines is 2. The molecule has 0 spiro atoms. The molecule has 0 unspecified atom stereocenters. The van der Waals surface area contributed by atoms with Crippen molar-refractivity contribution < 1.29 is 22.8 Å². The molecule has 0 atom stereocenters. The number of carbonyl (C=O) groups is 2. The lowest BCUT2D eigenvalue weighted by Crippen LogP contribution is -2.53. The Morgan fingerprint density at radius 1 is 0.610 bits per heavy atom. The molecule has 3 aromatic rings. The molecule has 0 aliphatic carbocycles. The summed E-state index contributed by atoms with van der Waals surface area (Å²) in [7, 11) is 0. The third kappa shape index (κ3) is 6.28. The van der Waals surface area contributed by atoms with Crippen LogP contribution in [0.4, 0.5) is 24.5 Å². The summed E-state index contributed by atoms with van der Waals surface area (Å²) in [4.78, 5) is 58.4. The van der Waals surface area contributed by atoms with E-state index in [-0.39, 0.29) is 11.6 Å². The van der Waals surface area contributed by atoms with Crippen LogP contribution in [-0.2, 0) is 22.7 Å². The van der Waals surface area contributed by atoms with Crippen LogP contribution in [0.5, 0.6) is 0 Å². The third-order valence-corrected chi connectivity index (χ3v) is 7.44. The zero-order valence-electron chi connectivity index (χ0n) is 22.2. The van der Waals surface area contributed by atoms with Crippen molar-refractivity contribution in [2.45, 2.75) is 13.1 Å². The minimum absolute atomic E-state index is 0.302. The maximum absolute atomic E-state index is 14.5. The van der Waals surface area contributed by atoms with Crippen molar-refractivity contribution in [3.8, 4) is 0 Å². The topological polar surface area (TPSA) is 91.1 Å². The first kappa shape index (κ1) is 28.0. The fourth-order valence-electron chi connectivity index (χ4n) is 5.08. The third-order valence-electron chi connectivity index (χ3n) is 7.44. The van der Waals surface area contributed by atoms with E-state index in [4.69, 9.17) is 0 Å². The fourth-order valence-corrected chi connectivity index (χ4v) is 5.08. The zero-order valence-corrected chi connectivity index (χ0v) is 22.2. The Labute approximate surface area is 233 Å². The van der Waals surface area contributed by atoms with Gasteiger partial charge < -0.3 is 19.6 Å². The molecule has 216 valence electrons. The molecule has 0 N–H and O–H groups in total. The molecule has 10 nitrogen and oxygen atoms in total. The lowest BCUT2D eigenvalue weighted by atomic mass is 10.2. The van der Waals surface area contributed by atoms with E-state index in [9.17, 15) is 32.3 Å². The molecule has 2 aliphatic rings. The quantitative estimate of drug-likeness (QED) is 0.442. The van der Waals surface area contributed by atoms with Crippen LogP contribution in [-0.4, -0.2) is 83.1 Å². The van der Waals surface area contributed by atoms with Crippen LogP contribution in [0.2, 0.25) is 0 Å². The summed E-state index contributed by atoms with van der Waals surface area (Å²) < 4.78 is 42.3. The molecule has 2 saturated heterocycles. The standard InChI is InChI=1S/C28H29F3N6O4/c29-20-1-5-22(6-2-20)32-9-13-34(14-10-32)25(38)18-36-17-24(31)27(40)37(28(36)41)19-26(39)35-15-11-33(12-16-35)23-7-3-21(30)4-8-23/h1-8,17H,9-16,18-19H2. The smallest absolute Gasteiger partial charge is 0.332 e. The Morgan fingerprint density at radius 2 is 1.02 bits per heavy atom. The number of amides is 2. The highest BCUT2D eigenvalue weighted by Crippen LogP contribution is 2.18. The maximum Gasteiger partial charge on any atom is 0.332 e. The van der Waals surface area contributed by atoms with Gasteiger partial charge in [0.25, 0.3) is 5.56 Å². The maximum atomic E-state index is 14.5. The van der Waals surface area contributed by atoms with Crippen LogP contribution in [0, 0.1) is 17.5 Å². The minimum atomic E-state index is -1.24. The molecule has 0 radical (unpaired) electrons. The molecule has 0 saturated carbocycles. The summed E-state index contributed by atoms with van der Waals surface area (Å²) in [6.07, 6.45) is 0.694. The molecule has 3 heterocycles. The average molecular weight is 571 g/mol. The van der Waals surface area contributed by atoms with Gasteiger partial charge in [0, 0.05) is 63.7 Å². The summed E-state index contributed by atoms with van der Waals surface area (Å²) in [6.45, 7) is 2.05. The lowest BCUT2D eigenvalue weighted by molar-refractivity contribution is -0.132. The Balaban J connectivity index is 1.20. The van der Waals surface area contributed by atoms with Crippen molar-refractivity contribution in [3.63, 3.8) is 0 Å². The predicted molar refractivity (Wildman–Crippen MR) is 145 cm³/mol. The minimum Gasteiger partial charge on any atom is -0.368 e. The van der Waals surface area contributed by atoms with E-state index >= 15 is 0 Å². The summed E-state index contributed by atoms with van der Waals surface area (Å²) in [6, 6.07) is 12.0.